The second-order valence-electron chi connectivity index (χ2n) is 6.66. The zero-order chi connectivity index (χ0) is 19.9. The van der Waals surface area contributed by atoms with E-state index < -0.39 is 6.04 Å². The van der Waals surface area contributed by atoms with Gasteiger partial charge < -0.3 is 20.7 Å². The normalized spacial score (nSPS) is 16.2. The average Bonchev–Trinajstić information content (AvgIpc) is 2.69. The fourth-order valence-corrected chi connectivity index (χ4v) is 3.06. The number of hydrogen-bond donors (Lipinski definition) is 3. The molecule has 0 saturated carbocycles. The van der Waals surface area contributed by atoms with Crippen LogP contribution in [0.1, 0.15) is 38.3 Å². The van der Waals surface area contributed by atoms with Crippen LogP contribution >= 0.6 is 0 Å². The van der Waals surface area contributed by atoms with Crippen LogP contribution in [0.2, 0.25) is 0 Å². The van der Waals surface area contributed by atoms with Gasteiger partial charge in [-0.3, -0.25) is 4.79 Å². The van der Waals surface area contributed by atoms with E-state index in [-0.39, 0.29) is 11.9 Å². The number of benzene rings is 2. The van der Waals surface area contributed by atoms with Crippen molar-refractivity contribution in [2.24, 2.45) is 0 Å². The molecule has 3 rings (SSSR count). The van der Waals surface area contributed by atoms with E-state index >= 15 is 0 Å². The summed E-state index contributed by atoms with van der Waals surface area (Å²) in [7, 11) is 0. The van der Waals surface area contributed by atoms with Gasteiger partial charge in [0.1, 0.15) is 5.75 Å². The maximum atomic E-state index is 12.9. The summed E-state index contributed by atoms with van der Waals surface area (Å²) in [4.78, 5) is 24.9. The van der Waals surface area contributed by atoms with Crippen molar-refractivity contribution >= 4 is 17.6 Å². The minimum atomic E-state index is -0.540. The van der Waals surface area contributed by atoms with Crippen molar-refractivity contribution in [3.05, 3.63) is 71.4 Å². The molecule has 2 aromatic carbocycles. The molecular formula is C22H25N3O3. The third-order valence-electron chi connectivity index (χ3n) is 4.53. The van der Waals surface area contributed by atoms with Crippen LogP contribution in [0.15, 0.2) is 65.9 Å². The van der Waals surface area contributed by atoms with Crippen molar-refractivity contribution in [2.75, 3.05) is 11.9 Å². The number of nitrogens with one attached hydrogen (secondary N) is 3. The lowest BCUT2D eigenvalue weighted by atomic mass is 9.94. The Morgan fingerprint density at radius 1 is 1.11 bits per heavy atom. The molecule has 3 amide bonds. The van der Waals surface area contributed by atoms with E-state index in [2.05, 4.69) is 22.9 Å². The van der Waals surface area contributed by atoms with Crippen LogP contribution in [0.25, 0.3) is 0 Å². The minimum Gasteiger partial charge on any atom is -0.494 e. The highest BCUT2D eigenvalue weighted by Crippen LogP contribution is 2.29. The molecule has 28 heavy (non-hydrogen) atoms. The van der Waals surface area contributed by atoms with Gasteiger partial charge in [-0.05, 0) is 43.2 Å². The molecule has 6 nitrogen and oxygen atoms in total. The Morgan fingerprint density at radius 3 is 2.50 bits per heavy atom. The molecule has 1 atom stereocenters. The summed E-state index contributed by atoms with van der Waals surface area (Å²) in [6.07, 6.45) is 2.07. The first kappa shape index (κ1) is 19.5. The molecule has 0 unspecified atom stereocenters. The Balaban J connectivity index is 1.82. The maximum Gasteiger partial charge on any atom is 0.319 e. The van der Waals surface area contributed by atoms with Crippen molar-refractivity contribution in [3.63, 3.8) is 0 Å². The zero-order valence-corrected chi connectivity index (χ0v) is 16.1. The van der Waals surface area contributed by atoms with E-state index in [1.54, 1.807) is 6.92 Å². The molecule has 1 heterocycles. The van der Waals surface area contributed by atoms with Gasteiger partial charge in [0.25, 0.3) is 5.91 Å². The summed E-state index contributed by atoms with van der Waals surface area (Å²) >= 11 is 0. The minimum absolute atomic E-state index is 0.260. The molecule has 0 aliphatic carbocycles. The lowest BCUT2D eigenvalue weighted by molar-refractivity contribution is -0.113. The summed E-state index contributed by atoms with van der Waals surface area (Å²) in [5.41, 5.74) is 2.52. The topological polar surface area (TPSA) is 79.5 Å². The smallest absolute Gasteiger partial charge is 0.319 e. The van der Waals surface area contributed by atoms with Gasteiger partial charge >= 0.3 is 6.03 Å². The molecule has 2 aromatic rings. The van der Waals surface area contributed by atoms with E-state index in [4.69, 9.17) is 4.74 Å². The summed E-state index contributed by atoms with van der Waals surface area (Å²) in [5.74, 6) is 0.512. The van der Waals surface area contributed by atoms with Gasteiger partial charge in [-0.2, -0.15) is 0 Å². The van der Waals surface area contributed by atoms with Gasteiger partial charge in [-0.25, -0.2) is 4.79 Å². The lowest BCUT2D eigenvalue weighted by Gasteiger charge is -2.28. The summed E-state index contributed by atoms with van der Waals surface area (Å²) in [5, 5.41) is 8.42. The van der Waals surface area contributed by atoms with Gasteiger partial charge in [0, 0.05) is 11.4 Å². The first-order valence-corrected chi connectivity index (χ1v) is 9.46. The summed E-state index contributed by atoms with van der Waals surface area (Å²) in [6, 6.07) is 15.8. The van der Waals surface area contributed by atoms with Gasteiger partial charge in [-0.15, -0.1) is 0 Å². The Kier molecular flexibility index (Phi) is 6.32. The molecule has 146 valence electrons. The highest BCUT2D eigenvalue weighted by atomic mass is 16.5. The van der Waals surface area contributed by atoms with Gasteiger partial charge in [0.05, 0.1) is 18.2 Å². The molecule has 1 aliphatic rings. The van der Waals surface area contributed by atoms with Crippen molar-refractivity contribution in [1.82, 2.24) is 10.6 Å². The predicted molar refractivity (Wildman–Crippen MR) is 109 cm³/mol. The maximum absolute atomic E-state index is 12.9. The van der Waals surface area contributed by atoms with E-state index in [0.717, 1.165) is 24.2 Å². The Morgan fingerprint density at radius 2 is 1.82 bits per heavy atom. The van der Waals surface area contributed by atoms with Crippen LogP contribution in [0.4, 0.5) is 10.5 Å². The van der Waals surface area contributed by atoms with Crippen LogP contribution < -0.4 is 20.7 Å². The predicted octanol–water partition coefficient (Wildman–Crippen LogP) is 4.13. The quantitative estimate of drug-likeness (QED) is 0.633. The van der Waals surface area contributed by atoms with Crippen LogP contribution in [0.3, 0.4) is 0 Å². The number of urea groups is 1. The third-order valence-corrected chi connectivity index (χ3v) is 4.53. The number of para-hydroxylation sites is 1. The monoisotopic (exact) mass is 379 g/mol. The lowest BCUT2D eigenvalue weighted by Crippen LogP contribution is -2.45. The largest absolute Gasteiger partial charge is 0.494 e. The van der Waals surface area contributed by atoms with Crippen LogP contribution in [-0.4, -0.2) is 18.5 Å². The molecule has 0 saturated heterocycles. The number of carbonyl (C=O) groups is 2. The number of hydrogen-bond acceptors (Lipinski definition) is 3. The molecule has 0 fully saturated rings. The fraction of sp³-hybridized carbons (Fsp3) is 0.273. The fourth-order valence-electron chi connectivity index (χ4n) is 3.06. The highest BCUT2D eigenvalue weighted by molar-refractivity contribution is 6.06. The second-order valence-corrected chi connectivity index (χ2v) is 6.66. The first-order chi connectivity index (χ1) is 13.6. The number of anilines is 1. The number of allylic oxidation sites excluding steroid dienone is 1. The van der Waals surface area contributed by atoms with Crippen molar-refractivity contribution < 1.29 is 14.3 Å². The van der Waals surface area contributed by atoms with Crippen molar-refractivity contribution in [3.8, 4) is 5.75 Å². The Labute approximate surface area is 165 Å². The number of unbranched alkanes of at least 4 members (excludes halogenated alkanes) is 1. The molecule has 0 spiro atoms. The van der Waals surface area contributed by atoms with Crippen LogP contribution in [0, 0.1) is 0 Å². The van der Waals surface area contributed by atoms with E-state index in [1.165, 1.54) is 0 Å². The number of carbonyl (C=O) groups excluding carboxylic acids is 2. The van der Waals surface area contributed by atoms with Crippen molar-refractivity contribution in [1.29, 1.82) is 0 Å². The van der Waals surface area contributed by atoms with Crippen molar-refractivity contribution in [2.45, 2.75) is 32.7 Å². The highest BCUT2D eigenvalue weighted by Gasteiger charge is 2.31. The SMILES string of the molecule is CCCCOc1ccc([C@H]2NC(=O)NC(C)=C2C(=O)Nc2ccccc2)cc1. The molecule has 0 aromatic heterocycles. The molecule has 0 radical (unpaired) electrons. The van der Waals surface area contributed by atoms with E-state index in [9.17, 15) is 9.59 Å². The standard InChI is InChI=1S/C22H25N3O3/c1-3-4-14-28-18-12-10-16(11-13-18)20-19(15(2)23-22(27)25-20)21(26)24-17-8-6-5-7-9-17/h5-13,20H,3-4,14H2,1-2H3,(H,24,26)(H2,23,25,27)/t20-/m1/s1. The van der Waals surface area contributed by atoms with Gasteiger partial charge in [0.15, 0.2) is 0 Å². The molecule has 1 aliphatic heterocycles. The first-order valence-electron chi connectivity index (χ1n) is 9.46. The zero-order valence-electron chi connectivity index (χ0n) is 16.1. The molecule has 3 N–H and O–H groups in total. The molecule has 6 heteroatoms. The second kappa shape index (κ2) is 9.08. The Hall–Kier alpha value is -3.28. The van der Waals surface area contributed by atoms with Crippen LogP contribution in [-0.2, 0) is 4.79 Å². The van der Waals surface area contributed by atoms with Gasteiger partial charge in [-0.1, -0.05) is 43.7 Å². The summed E-state index contributed by atoms with van der Waals surface area (Å²) < 4.78 is 5.69. The average molecular weight is 379 g/mol. The van der Waals surface area contributed by atoms with Crippen LogP contribution in [0.5, 0.6) is 5.75 Å². The Bertz CT molecular complexity index is 860. The third kappa shape index (κ3) is 4.71. The van der Waals surface area contributed by atoms with Gasteiger partial charge in [0.2, 0.25) is 0 Å². The number of ether oxygens (including phenoxy) is 1. The molecule has 0 bridgehead atoms. The number of rotatable bonds is 7. The van der Waals surface area contributed by atoms with E-state index in [0.29, 0.717) is 23.6 Å². The molecular weight excluding hydrogens is 354 g/mol. The number of amides is 3. The van der Waals surface area contributed by atoms with E-state index in [1.807, 2.05) is 54.6 Å². The summed E-state index contributed by atoms with van der Waals surface area (Å²) in [6.45, 7) is 4.51.